The van der Waals surface area contributed by atoms with E-state index in [1.54, 1.807) is 27.9 Å². The topological polar surface area (TPSA) is 95.1 Å². The number of alkyl halides is 2. The molecule has 1 saturated heterocycles. The fourth-order valence-electron chi connectivity index (χ4n) is 3.71. The molecule has 0 spiro atoms. The van der Waals surface area contributed by atoms with Crippen molar-refractivity contribution in [2.45, 2.75) is 75.8 Å². The van der Waals surface area contributed by atoms with Crippen molar-refractivity contribution in [1.29, 1.82) is 0 Å². The van der Waals surface area contributed by atoms with E-state index in [0.717, 1.165) is 5.56 Å². The van der Waals surface area contributed by atoms with Crippen LogP contribution in [0.3, 0.4) is 0 Å². The summed E-state index contributed by atoms with van der Waals surface area (Å²) in [6.45, 7) is 5.38. The first-order valence-corrected chi connectivity index (χ1v) is 10.5. The summed E-state index contributed by atoms with van der Waals surface area (Å²) in [6, 6.07) is 6.41. The average molecular weight is 456 g/mol. The summed E-state index contributed by atoms with van der Waals surface area (Å²) in [6.07, 6.45) is -3.67. The van der Waals surface area contributed by atoms with Gasteiger partial charge in [-0.3, -0.25) is 0 Å². The number of amides is 1. The lowest BCUT2D eigenvalue weighted by atomic mass is 9.88. The number of ether oxygens (including phenoxy) is 4. The lowest BCUT2D eigenvalue weighted by Gasteiger charge is -2.35. The van der Waals surface area contributed by atoms with Crippen LogP contribution in [0, 0.1) is 0 Å². The van der Waals surface area contributed by atoms with Crippen LogP contribution in [0.25, 0.3) is 0 Å². The third-order valence-electron chi connectivity index (χ3n) is 5.25. The van der Waals surface area contributed by atoms with Crippen molar-refractivity contribution in [2.24, 2.45) is 0 Å². The van der Waals surface area contributed by atoms with E-state index in [4.69, 9.17) is 18.9 Å². The molecule has 2 N–H and O–H groups in total. The fourth-order valence-corrected chi connectivity index (χ4v) is 3.71. The van der Waals surface area contributed by atoms with Crippen molar-refractivity contribution >= 4 is 12.2 Å². The Morgan fingerprint density at radius 3 is 2.38 bits per heavy atom. The van der Waals surface area contributed by atoms with Gasteiger partial charge < -0.3 is 29.6 Å². The second-order valence-corrected chi connectivity index (χ2v) is 9.16. The molecule has 0 unspecified atom stereocenters. The van der Waals surface area contributed by atoms with Crippen LogP contribution in [0.5, 0.6) is 5.75 Å². The van der Waals surface area contributed by atoms with Crippen LogP contribution in [-0.4, -0.2) is 61.7 Å². The minimum Gasteiger partial charge on any atom is -0.497 e. The maximum Gasteiger partial charge on any atom is 0.509 e. The van der Waals surface area contributed by atoms with Gasteiger partial charge in [-0.2, -0.15) is 0 Å². The maximum atomic E-state index is 13.1. The van der Waals surface area contributed by atoms with Gasteiger partial charge in [0.15, 0.2) is 12.2 Å². The molecule has 0 bridgehead atoms. The molecule has 2 aliphatic rings. The summed E-state index contributed by atoms with van der Waals surface area (Å²) in [7, 11) is 1.58. The fraction of sp³-hybridized carbons (Fsp3) is 0.636. The van der Waals surface area contributed by atoms with Gasteiger partial charge in [-0.05, 0) is 44.9 Å². The first-order valence-electron chi connectivity index (χ1n) is 10.5. The van der Waals surface area contributed by atoms with E-state index in [1.165, 1.54) is 0 Å². The number of hydrogen-bond acceptors (Lipinski definition) is 7. The summed E-state index contributed by atoms with van der Waals surface area (Å²) in [4.78, 5) is 24.5. The third-order valence-corrected chi connectivity index (χ3v) is 5.25. The lowest BCUT2D eigenvalue weighted by molar-refractivity contribution is -0.0935. The highest BCUT2D eigenvalue weighted by atomic mass is 19.3. The number of alkyl carbamates (subject to hydrolysis) is 1. The van der Waals surface area contributed by atoms with Crippen molar-refractivity contribution < 1.29 is 37.3 Å². The third kappa shape index (κ3) is 6.69. The molecule has 0 aromatic heterocycles. The predicted octanol–water partition coefficient (Wildman–Crippen LogP) is 3.42. The minimum atomic E-state index is -2.76. The van der Waals surface area contributed by atoms with Crippen LogP contribution in [-0.2, 0) is 20.6 Å². The Kier molecular flexibility index (Phi) is 7.12. The molecule has 0 radical (unpaired) electrons. The van der Waals surface area contributed by atoms with Crippen LogP contribution in [0.1, 0.15) is 39.2 Å². The Morgan fingerprint density at radius 2 is 1.81 bits per heavy atom. The largest absolute Gasteiger partial charge is 0.509 e. The van der Waals surface area contributed by atoms with Gasteiger partial charge in [0.1, 0.15) is 11.4 Å². The smallest absolute Gasteiger partial charge is 0.497 e. The van der Waals surface area contributed by atoms with E-state index < -0.39 is 54.9 Å². The van der Waals surface area contributed by atoms with Gasteiger partial charge in [0.2, 0.25) is 0 Å². The van der Waals surface area contributed by atoms with Gasteiger partial charge in [-0.25, -0.2) is 18.4 Å². The molecular weight excluding hydrogens is 426 g/mol. The second-order valence-electron chi connectivity index (χ2n) is 9.16. The first kappa shape index (κ1) is 24.0. The number of carbonyl (C=O) groups excluding carboxylic acids is 2. The second kappa shape index (κ2) is 9.48. The Morgan fingerprint density at radius 1 is 1.16 bits per heavy atom. The van der Waals surface area contributed by atoms with E-state index in [-0.39, 0.29) is 12.6 Å². The maximum absolute atomic E-state index is 13.1. The number of rotatable bonds is 6. The molecule has 1 amide bonds. The van der Waals surface area contributed by atoms with E-state index in [9.17, 15) is 18.4 Å². The summed E-state index contributed by atoms with van der Waals surface area (Å²) in [5, 5.41) is 5.67. The quantitative estimate of drug-likeness (QED) is 0.634. The Labute approximate surface area is 185 Å². The van der Waals surface area contributed by atoms with Crippen LogP contribution in [0.2, 0.25) is 0 Å². The van der Waals surface area contributed by atoms with Crippen LogP contribution < -0.4 is 15.4 Å². The Bertz CT molecular complexity index is 804. The molecule has 2 fully saturated rings. The van der Waals surface area contributed by atoms with Crippen LogP contribution in [0.15, 0.2) is 24.3 Å². The molecule has 178 valence electrons. The van der Waals surface area contributed by atoms with Crippen molar-refractivity contribution in [2.75, 3.05) is 13.7 Å². The zero-order chi connectivity index (χ0) is 23.5. The van der Waals surface area contributed by atoms with Gasteiger partial charge in [0.25, 0.3) is 5.92 Å². The molecule has 32 heavy (non-hydrogen) atoms. The number of carbonyl (C=O) groups is 2. The summed E-state index contributed by atoms with van der Waals surface area (Å²) in [5.41, 5.74) is 0.211. The highest BCUT2D eigenvalue weighted by Gasteiger charge is 2.47. The van der Waals surface area contributed by atoms with Crippen molar-refractivity contribution in [3.8, 4) is 5.75 Å². The normalized spacial score (nSPS) is 24.9. The molecule has 3 rings (SSSR count). The van der Waals surface area contributed by atoms with Crippen LogP contribution in [0.4, 0.5) is 18.4 Å². The number of hydrogen-bond donors (Lipinski definition) is 2. The van der Waals surface area contributed by atoms with E-state index in [0.29, 0.717) is 12.2 Å². The summed E-state index contributed by atoms with van der Waals surface area (Å²) < 4.78 is 47.4. The monoisotopic (exact) mass is 456 g/mol. The summed E-state index contributed by atoms with van der Waals surface area (Å²) >= 11 is 0. The highest BCUT2D eigenvalue weighted by molar-refractivity contribution is 5.68. The van der Waals surface area contributed by atoms with E-state index >= 15 is 0 Å². The van der Waals surface area contributed by atoms with Gasteiger partial charge in [0, 0.05) is 25.4 Å². The van der Waals surface area contributed by atoms with Crippen molar-refractivity contribution in [1.82, 2.24) is 10.6 Å². The van der Waals surface area contributed by atoms with Gasteiger partial charge in [0.05, 0.1) is 13.2 Å². The first-order chi connectivity index (χ1) is 14.9. The number of nitrogens with one attached hydrogen (secondary N) is 2. The number of methoxy groups -OCH3 is 1. The van der Waals surface area contributed by atoms with E-state index in [1.807, 2.05) is 24.3 Å². The van der Waals surface area contributed by atoms with E-state index in [2.05, 4.69) is 10.6 Å². The molecule has 1 heterocycles. The molecule has 10 heteroatoms. The standard InChI is InChI=1S/C22H30F2N2O6/c1-21(2,3)32-20(28)30-17-12-25-16(9-13-5-7-15(29-4)8-6-13)18(17)31-19(27)26-14-10-22(23,24)11-14/h5-8,14,16-18,25H,9-12H2,1-4H3,(H,26,27)/t16-,17+,18+/m1/s1. The molecule has 8 nitrogen and oxygen atoms in total. The lowest BCUT2D eigenvalue weighted by Crippen LogP contribution is -2.52. The molecule has 1 aliphatic heterocycles. The predicted molar refractivity (Wildman–Crippen MR) is 111 cm³/mol. The zero-order valence-electron chi connectivity index (χ0n) is 18.7. The Hall–Kier alpha value is -2.62. The molecule has 1 aromatic rings. The molecule has 1 saturated carbocycles. The SMILES string of the molecule is COc1ccc(C[C@H]2NC[C@H](OC(=O)OC(C)(C)C)[C@H]2OC(=O)NC2CC(F)(F)C2)cc1. The number of benzene rings is 1. The van der Waals surface area contributed by atoms with Crippen molar-refractivity contribution in [3.63, 3.8) is 0 Å². The molecular formula is C22H30F2N2O6. The summed E-state index contributed by atoms with van der Waals surface area (Å²) in [5.74, 6) is -2.05. The number of halogens is 2. The van der Waals surface area contributed by atoms with Gasteiger partial charge in [-0.15, -0.1) is 0 Å². The van der Waals surface area contributed by atoms with Gasteiger partial charge in [-0.1, -0.05) is 12.1 Å². The zero-order valence-corrected chi connectivity index (χ0v) is 18.7. The molecule has 1 aliphatic carbocycles. The average Bonchev–Trinajstić information content (AvgIpc) is 3.00. The Balaban J connectivity index is 1.65. The molecule has 1 aromatic carbocycles. The molecule has 3 atom stereocenters. The van der Waals surface area contributed by atoms with Crippen molar-refractivity contribution in [3.05, 3.63) is 29.8 Å². The minimum absolute atomic E-state index is 0.250. The highest BCUT2D eigenvalue weighted by Crippen LogP contribution is 2.37. The van der Waals surface area contributed by atoms with Gasteiger partial charge >= 0.3 is 12.2 Å². The van der Waals surface area contributed by atoms with Crippen LogP contribution >= 0.6 is 0 Å².